The third-order valence-corrected chi connectivity index (χ3v) is 2.40. The molecule has 0 aliphatic carbocycles. The topological polar surface area (TPSA) is 67.2 Å². The second-order valence-corrected chi connectivity index (χ2v) is 3.80. The number of anilines is 1. The molecule has 0 bridgehead atoms. The highest BCUT2D eigenvalue weighted by atomic mass is 16.3. The van der Waals surface area contributed by atoms with Crippen LogP contribution in [0.25, 0.3) is 11.3 Å². The van der Waals surface area contributed by atoms with Gasteiger partial charge in [0.25, 0.3) is 0 Å². The maximum absolute atomic E-state index is 11.5. The molecule has 5 heteroatoms. The first-order valence-electron chi connectivity index (χ1n) is 5.72. The molecule has 0 atom stereocenters. The second-order valence-electron chi connectivity index (χ2n) is 3.80. The molecule has 0 aliphatic heterocycles. The summed E-state index contributed by atoms with van der Waals surface area (Å²) in [6.07, 6.45) is 8.09. The number of terminal acetylenes is 1. The first-order chi connectivity index (χ1) is 9.29. The van der Waals surface area contributed by atoms with Crippen LogP contribution in [0.4, 0.5) is 5.69 Å². The van der Waals surface area contributed by atoms with Gasteiger partial charge < -0.3 is 9.73 Å². The van der Waals surface area contributed by atoms with Crippen molar-refractivity contribution >= 4 is 11.6 Å². The summed E-state index contributed by atoms with van der Waals surface area (Å²) in [4.78, 5) is 15.4. The van der Waals surface area contributed by atoms with Gasteiger partial charge >= 0.3 is 0 Å². The molecule has 1 heterocycles. The van der Waals surface area contributed by atoms with Gasteiger partial charge in [0.2, 0.25) is 5.91 Å². The Labute approximate surface area is 111 Å². The number of benzene rings is 1. The zero-order chi connectivity index (χ0) is 13.5. The Morgan fingerprint density at radius 1 is 1.37 bits per heavy atom. The molecule has 0 aliphatic rings. The van der Waals surface area contributed by atoms with Gasteiger partial charge in [-0.3, -0.25) is 10.1 Å². The van der Waals surface area contributed by atoms with Crippen molar-refractivity contribution in [2.24, 2.45) is 0 Å². The number of nitrogens with one attached hydrogen (secondary N) is 2. The smallest absolute Gasteiger partial charge is 0.238 e. The van der Waals surface area contributed by atoms with E-state index in [0.29, 0.717) is 12.3 Å². The number of aromatic nitrogens is 1. The average molecular weight is 255 g/mol. The summed E-state index contributed by atoms with van der Waals surface area (Å²) in [5, 5.41) is 5.57. The molecule has 0 saturated heterocycles. The van der Waals surface area contributed by atoms with Crippen molar-refractivity contribution in [1.29, 1.82) is 0 Å². The van der Waals surface area contributed by atoms with Crippen LogP contribution in [0.2, 0.25) is 0 Å². The summed E-state index contributed by atoms with van der Waals surface area (Å²) < 4.78 is 5.18. The van der Waals surface area contributed by atoms with Crippen molar-refractivity contribution < 1.29 is 9.21 Å². The minimum absolute atomic E-state index is 0.136. The number of carbonyl (C=O) groups is 1. The lowest BCUT2D eigenvalue weighted by Crippen LogP contribution is -2.28. The maximum atomic E-state index is 11.5. The number of amides is 1. The summed E-state index contributed by atoms with van der Waals surface area (Å²) >= 11 is 0. The zero-order valence-corrected chi connectivity index (χ0v) is 10.2. The van der Waals surface area contributed by atoms with E-state index < -0.39 is 0 Å². The van der Waals surface area contributed by atoms with Crippen LogP contribution in [0, 0.1) is 12.3 Å². The number of hydrogen-bond donors (Lipinski definition) is 2. The van der Waals surface area contributed by atoms with E-state index in [1.807, 2.05) is 12.1 Å². The van der Waals surface area contributed by atoms with Gasteiger partial charge in [-0.15, -0.1) is 6.42 Å². The van der Waals surface area contributed by atoms with E-state index >= 15 is 0 Å². The molecule has 2 N–H and O–H groups in total. The quantitative estimate of drug-likeness (QED) is 0.627. The van der Waals surface area contributed by atoms with Crippen LogP contribution in [0.15, 0.2) is 41.3 Å². The molecular formula is C14H13N3O2. The Bertz CT molecular complexity index is 568. The van der Waals surface area contributed by atoms with Crippen LogP contribution < -0.4 is 10.6 Å². The van der Waals surface area contributed by atoms with E-state index in [1.54, 1.807) is 18.3 Å². The molecule has 0 radical (unpaired) electrons. The lowest BCUT2D eigenvalue weighted by atomic mass is 10.2. The first kappa shape index (κ1) is 12.9. The highest BCUT2D eigenvalue weighted by molar-refractivity contribution is 5.92. The Morgan fingerprint density at radius 2 is 2.16 bits per heavy atom. The predicted octanol–water partition coefficient (Wildman–Crippen LogP) is 1.50. The number of carbonyl (C=O) groups excluding carboxylic acids is 1. The van der Waals surface area contributed by atoms with Crippen LogP contribution in [0.1, 0.15) is 0 Å². The molecule has 1 aromatic carbocycles. The summed E-state index contributed by atoms with van der Waals surface area (Å²) in [7, 11) is 0. The molecule has 5 nitrogen and oxygen atoms in total. The first-order valence-corrected chi connectivity index (χ1v) is 5.72. The fourth-order valence-electron chi connectivity index (χ4n) is 1.53. The van der Waals surface area contributed by atoms with E-state index in [9.17, 15) is 4.79 Å². The van der Waals surface area contributed by atoms with Gasteiger partial charge in [-0.25, -0.2) is 4.98 Å². The standard InChI is InChI=1S/C14H13N3O2/c1-2-7-15-9-14(18)17-12-5-3-11(4-6-12)13-8-16-10-19-13/h1,3-6,8,10,15H,7,9H2,(H,17,18). The monoisotopic (exact) mass is 255 g/mol. The van der Waals surface area contributed by atoms with E-state index in [4.69, 9.17) is 10.8 Å². The largest absolute Gasteiger partial charge is 0.444 e. The third-order valence-electron chi connectivity index (χ3n) is 2.40. The Hall–Kier alpha value is -2.58. The van der Waals surface area contributed by atoms with Gasteiger partial charge in [0.1, 0.15) is 0 Å². The van der Waals surface area contributed by atoms with E-state index in [2.05, 4.69) is 21.5 Å². The molecule has 0 saturated carbocycles. The van der Waals surface area contributed by atoms with Crippen molar-refractivity contribution in [2.75, 3.05) is 18.4 Å². The van der Waals surface area contributed by atoms with Gasteiger partial charge in [-0.1, -0.05) is 5.92 Å². The lowest BCUT2D eigenvalue weighted by Gasteiger charge is -2.05. The number of nitrogens with zero attached hydrogens (tertiary/aromatic N) is 1. The molecule has 2 aromatic rings. The van der Waals surface area contributed by atoms with Crippen molar-refractivity contribution in [1.82, 2.24) is 10.3 Å². The minimum atomic E-state index is -0.136. The molecule has 0 unspecified atom stereocenters. The highest BCUT2D eigenvalue weighted by Gasteiger charge is 2.03. The van der Waals surface area contributed by atoms with Crippen LogP contribution >= 0.6 is 0 Å². The fourth-order valence-corrected chi connectivity index (χ4v) is 1.53. The van der Waals surface area contributed by atoms with E-state index in [1.165, 1.54) is 6.39 Å². The average Bonchev–Trinajstić information content (AvgIpc) is 2.94. The molecule has 0 fully saturated rings. The van der Waals surface area contributed by atoms with Crippen molar-refractivity contribution in [2.45, 2.75) is 0 Å². The molecule has 1 aromatic heterocycles. The number of oxazole rings is 1. The van der Waals surface area contributed by atoms with Gasteiger partial charge in [0.05, 0.1) is 19.3 Å². The molecule has 0 spiro atoms. The molecule has 1 amide bonds. The fraction of sp³-hybridized carbons (Fsp3) is 0.143. The van der Waals surface area contributed by atoms with Crippen LogP contribution in [0.5, 0.6) is 0 Å². The minimum Gasteiger partial charge on any atom is -0.444 e. The third kappa shape index (κ3) is 3.69. The van der Waals surface area contributed by atoms with E-state index in [-0.39, 0.29) is 12.5 Å². The maximum Gasteiger partial charge on any atom is 0.238 e. The predicted molar refractivity (Wildman–Crippen MR) is 72.3 cm³/mol. The number of rotatable bonds is 5. The lowest BCUT2D eigenvalue weighted by molar-refractivity contribution is -0.115. The summed E-state index contributed by atoms with van der Waals surface area (Å²) in [6.45, 7) is 0.561. The van der Waals surface area contributed by atoms with E-state index in [0.717, 1.165) is 11.3 Å². The van der Waals surface area contributed by atoms with Crippen molar-refractivity contribution in [3.63, 3.8) is 0 Å². The molecular weight excluding hydrogens is 242 g/mol. The number of hydrogen-bond acceptors (Lipinski definition) is 4. The normalized spacial score (nSPS) is 9.84. The SMILES string of the molecule is C#CCNCC(=O)Nc1ccc(-c2cnco2)cc1. The zero-order valence-electron chi connectivity index (χ0n) is 10.2. The van der Waals surface area contributed by atoms with Gasteiger partial charge in [-0.2, -0.15) is 0 Å². The summed E-state index contributed by atoms with van der Waals surface area (Å²) in [6, 6.07) is 7.31. The molecule has 2 rings (SSSR count). The Balaban J connectivity index is 1.92. The van der Waals surface area contributed by atoms with Crippen LogP contribution in [-0.2, 0) is 4.79 Å². The highest BCUT2D eigenvalue weighted by Crippen LogP contribution is 2.20. The molecule has 96 valence electrons. The van der Waals surface area contributed by atoms with Crippen molar-refractivity contribution in [3.8, 4) is 23.7 Å². The van der Waals surface area contributed by atoms with Gasteiger partial charge in [-0.05, 0) is 24.3 Å². The summed E-state index contributed by atoms with van der Waals surface area (Å²) in [5.74, 6) is 2.95. The van der Waals surface area contributed by atoms with Crippen LogP contribution in [0.3, 0.4) is 0 Å². The van der Waals surface area contributed by atoms with Gasteiger partial charge in [0.15, 0.2) is 12.2 Å². The summed E-state index contributed by atoms with van der Waals surface area (Å²) in [5.41, 5.74) is 1.62. The second kappa shape index (κ2) is 6.38. The Kier molecular flexibility index (Phi) is 4.32. The van der Waals surface area contributed by atoms with Crippen LogP contribution in [-0.4, -0.2) is 24.0 Å². The van der Waals surface area contributed by atoms with Gasteiger partial charge in [0, 0.05) is 11.3 Å². The van der Waals surface area contributed by atoms with Crippen molar-refractivity contribution in [3.05, 3.63) is 36.9 Å². The molecule has 19 heavy (non-hydrogen) atoms. The Morgan fingerprint density at radius 3 is 2.79 bits per heavy atom.